The molecule has 5 aliphatic rings. The number of aliphatic hydroxyl groups excluding tert-OH is 1. The van der Waals surface area contributed by atoms with Crippen molar-refractivity contribution in [2.45, 2.75) is 67.8 Å². The lowest BCUT2D eigenvalue weighted by molar-refractivity contribution is -0.208. The number of aromatic hydroxyl groups is 1. The van der Waals surface area contributed by atoms with Gasteiger partial charge in [-0.15, -0.1) is 0 Å². The van der Waals surface area contributed by atoms with Gasteiger partial charge in [0.05, 0.1) is 17.1 Å². The predicted molar refractivity (Wildman–Crippen MR) is 90.8 cm³/mol. The summed E-state index contributed by atoms with van der Waals surface area (Å²) in [6.45, 7) is 2.02. The van der Waals surface area contributed by atoms with Crippen molar-refractivity contribution in [2.24, 2.45) is 5.92 Å². The molecule has 2 saturated carbocycles. The smallest absolute Gasteiger partial charge is 0.165 e. The fraction of sp³-hybridized carbons (Fsp3) is 0.700. The van der Waals surface area contributed by atoms with Crippen molar-refractivity contribution in [3.8, 4) is 11.5 Å². The van der Waals surface area contributed by atoms with Crippen LogP contribution in [0.2, 0.25) is 0 Å². The van der Waals surface area contributed by atoms with Gasteiger partial charge in [0.1, 0.15) is 6.10 Å². The topological polar surface area (TPSA) is 73.2 Å². The van der Waals surface area contributed by atoms with Crippen LogP contribution < -0.4 is 4.74 Å². The van der Waals surface area contributed by atoms with Gasteiger partial charge in [-0.3, -0.25) is 4.90 Å². The highest BCUT2D eigenvalue weighted by molar-refractivity contribution is 5.62. The number of hydrogen-bond acceptors (Lipinski definition) is 5. The maximum atomic E-state index is 12.0. The number of aliphatic hydroxyl groups is 2. The molecule has 1 spiro atoms. The molecule has 134 valence electrons. The van der Waals surface area contributed by atoms with E-state index in [1.165, 1.54) is 18.4 Å². The lowest BCUT2D eigenvalue weighted by Crippen LogP contribution is -2.77. The number of piperidine rings is 1. The SMILES string of the molecule is Oc1ccc2c3c1O[C@H]1C(O)CC[C@@]4(O)[C@@H](C2)N(CC2CC2)CC[C@]314. The van der Waals surface area contributed by atoms with E-state index in [-0.39, 0.29) is 11.8 Å². The summed E-state index contributed by atoms with van der Waals surface area (Å²) in [5, 5.41) is 33.1. The normalized spacial score (nSPS) is 44.3. The molecule has 5 nitrogen and oxygen atoms in total. The van der Waals surface area contributed by atoms with Gasteiger partial charge < -0.3 is 20.1 Å². The second-order valence-corrected chi connectivity index (χ2v) is 8.90. The summed E-state index contributed by atoms with van der Waals surface area (Å²) in [4.78, 5) is 2.51. The number of phenolic OH excluding ortho intramolecular Hbond substituents is 1. The van der Waals surface area contributed by atoms with Gasteiger partial charge in [0.15, 0.2) is 11.5 Å². The van der Waals surface area contributed by atoms with Crippen molar-refractivity contribution < 1.29 is 20.1 Å². The van der Waals surface area contributed by atoms with Gasteiger partial charge in [-0.25, -0.2) is 0 Å². The number of ether oxygens (including phenoxy) is 1. The average molecular weight is 343 g/mol. The second-order valence-electron chi connectivity index (χ2n) is 8.90. The van der Waals surface area contributed by atoms with E-state index in [0.29, 0.717) is 18.6 Å². The first kappa shape index (κ1) is 14.8. The van der Waals surface area contributed by atoms with Crippen molar-refractivity contribution in [3.63, 3.8) is 0 Å². The van der Waals surface area contributed by atoms with Crippen molar-refractivity contribution in [1.29, 1.82) is 0 Å². The minimum absolute atomic E-state index is 0.0865. The fourth-order valence-corrected chi connectivity index (χ4v) is 6.46. The van der Waals surface area contributed by atoms with E-state index >= 15 is 0 Å². The molecule has 5 atom stereocenters. The zero-order valence-corrected chi connectivity index (χ0v) is 14.3. The molecule has 2 bridgehead atoms. The first-order valence-electron chi connectivity index (χ1n) is 9.71. The molecule has 1 unspecified atom stereocenters. The molecule has 2 heterocycles. The summed E-state index contributed by atoms with van der Waals surface area (Å²) in [6, 6.07) is 3.79. The maximum Gasteiger partial charge on any atom is 0.165 e. The van der Waals surface area contributed by atoms with E-state index in [2.05, 4.69) is 4.90 Å². The van der Waals surface area contributed by atoms with E-state index in [9.17, 15) is 15.3 Å². The monoisotopic (exact) mass is 343 g/mol. The number of hydrogen-bond donors (Lipinski definition) is 3. The molecule has 6 rings (SSSR count). The number of nitrogens with zero attached hydrogens (tertiary/aromatic N) is 1. The molecular weight excluding hydrogens is 318 g/mol. The van der Waals surface area contributed by atoms with Crippen LogP contribution in [0.25, 0.3) is 0 Å². The second kappa shape index (κ2) is 4.51. The minimum atomic E-state index is -0.879. The quantitative estimate of drug-likeness (QED) is 0.755. The van der Waals surface area contributed by atoms with Crippen LogP contribution >= 0.6 is 0 Å². The first-order chi connectivity index (χ1) is 12.0. The Kier molecular flexibility index (Phi) is 2.67. The summed E-state index contributed by atoms with van der Waals surface area (Å²) >= 11 is 0. The summed E-state index contributed by atoms with van der Waals surface area (Å²) in [7, 11) is 0. The maximum absolute atomic E-state index is 12.0. The molecular formula is C20H25NO4. The van der Waals surface area contributed by atoms with Crippen LogP contribution in [-0.2, 0) is 11.8 Å². The Labute approximate surface area is 147 Å². The Morgan fingerprint density at radius 1 is 1.20 bits per heavy atom. The van der Waals surface area contributed by atoms with E-state index < -0.39 is 23.2 Å². The highest BCUT2D eigenvalue weighted by atomic mass is 16.5. The molecule has 0 amide bonds. The molecule has 3 aliphatic carbocycles. The predicted octanol–water partition coefficient (Wildman–Crippen LogP) is 1.32. The van der Waals surface area contributed by atoms with E-state index in [1.54, 1.807) is 6.07 Å². The Balaban J connectivity index is 1.57. The van der Waals surface area contributed by atoms with E-state index in [4.69, 9.17) is 4.74 Å². The highest BCUT2D eigenvalue weighted by Crippen LogP contribution is 2.65. The molecule has 0 aromatic heterocycles. The summed E-state index contributed by atoms with van der Waals surface area (Å²) < 4.78 is 6.14. The summed E-state index contributed by atoms with van der Waals surface area (Å²) in [5.74, 6) is 1.44. The fourth-order valence-electron chi connectivity index (χ4n) is 6.46. The zero-order chi connectivity index (χ0) is 17.0. The zero-order valence-electron chi connectivity index (χ0n) is 14.3. The third kappa shape index (κ3) is 1.61. The highest BCUT2D eigenvalue weighted by Gasteiger charge is 2.72. The van der Waals surface area contributed by atoms with Gasteiger partial charge in [-0.05, 0) is 62.6 Å². The molecule has 3 fully saturated rings. The lowest BCUT2D eigenvalue weighted by Gasteiger charge is -2.63. The number of benzene rings is 1. The van der Waals surface area contributed by atoms with Crippen molar-refractivity contribution in [2.75, 3.05) is 13.1 Å². The van der Waals surface area contributed by atoms with Crippen LogP contribution in [-0.4, -0.2) is 57.2 Å². The van der Waals surface area contributed by atoms with Gasteiger partial charge in [-0.1, -0.05) is 6.07 Å². The summed E-state index contributed by atoms with van der Waals surface area (Å²) in [5.41, 5.74) is 0.716. The largest absolute Gasteiger partial charge is 0.504 e. The van der Waals surface area contributed by atoms with Gasteiger partial charge in [0.25, 0.3) is 0 Å². The third-order valence-electron chi connectivity index (χ3n) is 7.73. The van der Waals surface area contributed by atoms with Crippen LogP contribution in [0.4, 0.5) is 0 Å². The van der Waals surface area contributed by atoms with Crippen LogP contribution in [0.3, 0.4) is 0 Å². The Morgan fingerprint density at radius 3 is 2.84 bits per heavy atom. The Hall–Kier alpha value is -1.30. The van der Waals surface area contributed by atoms with Gasteiger partial charge in [0.2, 0.25) is 0 Å². The Morgan fingerprint density at radius 2 is 2.04 bits per heavy atom. The van der Waals surface area contributed by atoms with E-state index in [0.717, 1.165) is 37.4 Å². The first-order valence-corrected chi connectivity index (χ1v) is 9.71. The Bertz CT molecular complexity index is 762. The minimum Gasteiger partial charge on any atom is -0.504 e. The van der Waals surface area contributed by atoms with Crippen LogP contribution in [0.5, 0.6) is 11.5 Å². The van der Waals surface area contributed by atoms with Crippen molar-refractivity contribution in [1.82, 2.24) is 4.90 Å². The molecule has 1 aromatic rings. The van der Waals surface area contributed by atoms with E-state index in [1.807, 2.05) is 6.07 Å². The molecule has 1 aromatic carbocycles. The molecule has 1 saturated heterocycles. The average Bonchev–Trinajstić information content (AvgIpc) is 3.32. The molecule has 5 heteroatoms. The van der Waals surface area contributed by atoms with Crippen LogP contribution in [0.15, 0.2) is 12.1 Å². The summed E-state index contributed by atoms with van der Waals surface area (Å²) in [6.07, 6.45) is 4.35. The number of phenols is 1. The van der Waals surface area contributed by atoms with Gasteiger partial charge in [0, 0.05) is 18.2 Å². The number of rotatable bonds is 2. The molecule has 2 aliphatic heterocycles. The molecule has 3 N–H and O–H groups in total. The standard InChI is InChI=1S/C20H25NO4/c22-13-4-3-12-9-15-20(24)6-5-14(23)18-19(20,16(12)17(13)25-18)7-8-21(15)10-11-1-2-11/h3-4,11,14-15,18,22-24H,1-2,5-10H2/t14?,15-,18+,19+,20-/m1/s1. The van der Waals surface area contributed by atoms with Crippen molar-refractivity contribution >= 4 is 0 Å². The van der Waals surface area contributed by atoms with Gasteiger partial charge >= 0.3 is 0 Å². The molecule has 25 heavy (non-hydrogen) atoms. The lowest BCUT2D eigenvalue weighted by atomic mass is 9.48. The van der Waals surface area contributed by atoms with Crippen LogP contribution in [0, 0.1) is 5.92 Å². The third-order valence-corrected chi connectivity index (χ3v) is 7.73. The van der Waals surface area contributed by atoms with Crippen LogP contribution in [0.1, 0.15) is 43.2 Å². The number of likely N-dealkylation sites (tertiary alicyclic amines) is 1. The van der Waals surface area contributed by atoms with Crippen molar-refractivity contribution in [3.05, 3.63) is 23.3 Å². The molecule has 0 radical (unpaired) electrons. The van der Waals surface area contributed by atoms with Gasteiger partial charge in [-0.2, -0.15) is 0 Å².